The normalized spacial score (nSPS) is 29.4. The molecule has 5 rings (SSSR count). The van der Waals surface area contributed by atoms with Crippen LogP contribution < -0.4 is 14.4 Å². The molecule has 1 amide bonds. The van der Waals surface area contributed by atoms with Gasteiger partial charge < -0.3 is 14.7 Å². The first-order valence-corrected chi connectivity index (χ1v) is 16.6. The number of halogens is 1. The molecule has 40 heavy (non-hydrogen) atoms. The second kappa shape index (κ2) is 12.3. The van der Waals surface area contributed by atoms with Crippen LogP contribution in [-0.2, 0) is 23.1 Å². The number of hydrogen-bond acceptors (Lipinski definition) is 6. The number of rotatable bonds is 0. The lowest BCUT2D eigenvalue weighted by Gasteiger charge is -2.44. The maximum absolute atomic E-state index is 13.2. The van der Waals surface area contributed by atoms with E-state index >= 15 is 0 Å². The van der Waals surface area contributed by atoms with Gasteiger partial charge in [-0.3, -0.25) is 4.79 Å². The molecule has 218 valence electrons. The predicted octanol–water partition coefficient (Wildman–Crippen LogP) is 5.57. The van der Waals surface area contributed by atoms with Crippen LogP contribution in [0.3, 0.4) is 0 Å². The SMILES string of the molecule is C[C@@H]1C[C@@H](C)CS(=O)(=O)NC(=O)c2ccc3c(c2)N(CCCCc2cc(Cl)ccc2CO3)C[C@@H]2CC[C@H]2[C@H](O)C1. The van der Waals surface area contributed by atoms with Gasteiger partial charge >= 0.3 is 0 Å². The topological polar surface area (TPSA) is 95.9 Å². The van der Waals surface area contributed by atoms with Crippen LogP contribution in [0.15, 0.2) is 36.4 Å². The van der Waals surface area contributed by atoms with Gasteiger partial charge in [-0.25, -0.2) is 13.1 Å². The molecule has 1 fully saturated rings. The molecule has 0 aromatic heterocycles. The molecule has 5 atom stereocenters. The van der Waals surface area contributed by atoms with Gasteiger partial charge in [-0.1, -0.05) is 31.5 Å². The Balaban J connectivity index is 1.52. The third-order valence-electron chi connectivity index (χ3n) is 8.86. The minimum Gasteiger partial charge on any atom is -0.487 e. The van der Waals surface area contributed by atoms with E-state index in [1.54, 1.807) is 18.2 Å². The average molecular weight is 589 g/mol. The number of ether oxygens (including phenoxy) is 1. The summed E-state index contributed by atoms with van der Waals surface area (Å²) in [6.45, 7) is 5.86. The van der Waals surface area contributed by atoms with Gasteiger partial charge in [0.1, 0.15) is 12.4 Å². The Hall–Kier alpha value is -2.29. The van der Waals surface area contributed by atoms with Gasteiger partial charge in [0.05, 0.1) is 17.5 Å². The van der Waals surface area contributed by atoms with Crippen molar-refractivity contribution in [2.45, 2.75) is 71.5 Å². The van der Waals surface area contributed by atoms with E-state index in [2.05, 4.69) is 16.5 Å². The van der Waals surface area contributed by atoms with E-state index in [9.17, 15) is 18.3 Å². The fourth-order valence-electron chi connectivity index (χ4n) is 6.75. The van der Waals surface area contributed by atoms with E-state index in [0.717, 1.165) is 56.4 Å². The standard InChI is InChI=1S/C31H41ClN2O5S/c1-20-13-21(2)19-40(37,38)33-31(36)23-8-11-30-28(16-23)34(17-24-7-10-27(24)29(35)14-20)12-4-3-5-22-15-26(32)9-6-25(22)18-39-30/h6,8-9,11,15-16,20-21,24,27,29,35H,3-5,7,10,12-14,17-19H2,1-2H3,(H,33,36)/t20-,21-,24+,27-,29-/m1/s1. The highest BCUT2D eigenvalue weighted by Gasteiger charge is 2.38. The molecule has 0 radical (unpaired) electrons. The van der Waals surface area contributed by atoms with E-state index in [4.69, 9.17) is 16.3 Å². The number of aliphatic hydroxyl groups is 1. The van der Waals surface area contributed by atoms with Crippen LogP contribution in [0.25, 0.3) is 0 Å². The molecule has 0 unspecified atom stereocenters. The lowest BCUT2D eigenvalue weighted by atomic mass is 9.68. The van der Waals surface area contributed by atoms with Gasteiger partial charge in [-0.05, 0) is 110 Å². The number of nitrogens with one attached hydrogen (secondary N) is 1. The molecule has 2 aromatic carbocycles. The maximum atomic E-state index is 13.2. The second-order valence-electron chi connectivity index (χ2n) is 12.3. The van der Waals surface area contributed by atoms with E-state index < -0.39 is 22.0 Å². The first-order chi connectivity index (χ1) is 19.1. The summed E-state index contributed by atoms with van der Waals surface area (Å²) in [5, 5.41) is 11.9. The van der Waals surface area contributed by atoms with Crippen LogP contribution in [0, 0.1) is 23.7 Å². The molecule has 3 aliphatic rings. The zero-order valence-electron chi connectivity index (χ0n) is 23.4. The first-order valence-electron chi connectivity index (χ1n) is 14.6. The number of carbonyl (C=O) groups excluding carboxylic acids is 1. The van der Waals surface area contributed by atoms with Gasteiger partial charge in [-0.2, -0.15) is 0 Å². The minimum absolute atomic E-state index is 0.130. The quantitative estimate of drug-likeness (QED) is 0.417. The fraction of sp³-hybridized carbons (Fsp3) is 0.581. The molecule has 0 saturated heterocycles. The van der Waals surface area contributed by atoms with Crippen LogP contribution in [0.1, 0.15) is 73.9 Å². The van der Waals surface area contributed by atoms with Crippen molar-refractivity contribution in [1.82, 2.24) is 4.72 Å². The van der Waals surface area contributed by atoms with Crippen molar-refractivity contribution >= 4 is 33.2 Å². The summed E-state index contributed by atoms with van der Waals surface area (Å²) in [7, 11) is -3.82. The zero-order valence-corrected chi connectivity index (χ0v) is 25.0. The van der Waals surface area contributed by atoms with Crippen LogP contribution >= 0.6 is 11.6 Å². The number of carbonyl (C=O) groups is 1. The molecule has 9 heteroatoms. The summed E-state index contributed by atoms with van der Waals surface area (Å²) < 4.78 is 34.4. The van der Waals surface area contributed by atoms with Gasteiger partial charge in [-0.15, -0.1) is 0 Å². The van der Waals surface area contributed by atoms with Crippen molar-refractivity contribution in [1.29, 1.82) is 0 Å². The summed E-state index contributed by atoms with van der Waals surface area (Å²) in [4.78, 5) is 15.5. The molecule has 1 aliphatic carbocycles. The monoisotopic (exact) mass is 588 g/mol. The van der Waals surface area contributed by atoms with Crippen LogP contribution in [0.4, 0.5) is 5.69 Å². The third kappa shape index (κ3) is 6.94. The van der Waals surface area contributed by atoms with Gasteiger partial charge in [0.15, 0.2) is 0 Å². The third-order valence-corrected chi connectivity index (χ3v) is 10.6. The lowest BCUT2D eigenvalue weighted by Crippen LogP contribution is -2.44. The molecular weight excluding hydrogens is 548 g/mol. The van der Waals surface area contributed by atoms with E-state index in [0.29, 0.717) is 36.1 Å². The van der Waals surface area contributed by atoms with E-state index in [-0.39, 0.29) is 29.1 Å². The molecule has 0 spiro atoms. The predicted molar refractivity (Wildman–Crippen MR) is 158 cm³/mol. The van der Waals surface area contributed by atoms with E-state index in [1.807, 2.05) is 25.1 Å². The second-order valence-corrected chi connectivity index (χ2v) is 14.5. The van der Waals surface area contributed by atoms with E-state index in [1.165, 1.54) is 5.56 Å². The first kappa shape index (κ1) is 29.2. The Bertz CT molecular complexity index is 1330. The van der Waals surface area contributed by atoms with Crippen molar-refractivity contribution in [2.24, 2.45) is 23.7 Å². The number of fused-ring (bicyclic) bond motifs is 3. The van der Waals surface area contributed by atoms with Gasteiger partial charge in [0.2, 0.25) is 10.0 Å². The summed E-state index contributed by atoms with van der Waals surface area (Å²) in [5.74, 6) is 0.518. The van der Waals surface area contributed by atoms with Gasteiger partial charge in [0, 0.05) is 23.7 Å². The van der Waals surface area contributed by atoms with Crippen molar-refractivity contribution in [3.05, 3.63) is 58.1 Å². The molecule has 1 saturated carbocycles. The highest BCUT2D eigenvalue weighted by atomic mass is 35.5. The van der Waals surface area contributed by atoms with Crippen LogP contribution in [-0.4, -0.2) is 44.4 Å². The minimum atomic E-state index is -3.82. The summed E-state index contributed by atoms with van der Waals surface area (Å²) >= 11 is 6.30. The summed E-state index contributed by atoms with van der Waals surface area (Å²) in [6.07, 6.45) is 5.79. The van der Waals surface area contributed by atoms with Crippen LogP contribution in [0.2, 0.25) is 5.02 Å². The Morgan fingerprint density at radius 2 is 1.85 bits per heavy atom. The van der Waals surface area contributed by atoms with Crippen molar-refractivity contribution in [3.63, 3.8) is 0 Å². The molecule has 2 bridgehead atoms. The van der Waals surface area contributed by atoms with Gasteiger partial charge in [0.25, 0.3) is 5.91 Å². The number of aliphatic hydroxyl groups excluding tert-OH is 1. The van der Waals surface area contributed by atoms with Crippen molar-refractivity contribution in [2.75, 3.05) is 23.7 Å². The van der Waals surface area contributed by atoms with Crippen molar-refractivity contribution in [3.8, 4) is 5.75 Å². The average Bonchev–Trinajstić information content (AvgIpc) is 2.88. The molecule has 2 N–H and O–H groups in total. The number of sulfonamides is 1. The number of hydrogen-bond donors (Lipinski definition) is 2. The number of anilines is 1. The Morgan fingerprint density at radius 3 is 2.62 bits per heavy atom. The highest BCUT2D eigenvalue weighted by molar-refractivity contribution is 7.90. The smallest absolute Gasteiger partial charge is 0.264 e. The number of nitrogens with zero attached hydrogens (tertiary/aromatic N) is 1. The Kier molecular flexibility index (Phi) is 8.98. The largest absolute Gasteiger partial charge is 0.487 e. The number of amides is 1. The Labute approximate surface area is 243 Å². The molecule has 2 heterocycles. The molecule has 2 aliphatic heterocycles. The summed E-state index contributed by atoms with van der Waals surface area (Å²) in [5.41, 5.74) is 3.34. The molecule has 2 aromatic rings. The van der Waals surface area contributed by atoms with Crippen LogP contribution in [0.5, 0.6) is 5.75 Å². The highest BCUT2D eigenvalue weighted by Crippen LogP contribution is 2.42. The fourth-order valence-corrected chi connectivity index (χ4v) is 8.31. The molecule has 7 nitrogen and oxygen atoms in total. The zero-order chi connectivity index (χ0) is 28.4. The lowest BCUT2D eigenvalue weighted by molar-refractivity contribution is 0.000858. The number of benzene rings is 2. The molecular formula is C31H41ClN2O5S. The Morgan fingerprint density at radius 1 is 1.02 bits per heavy atom. The van der Waals surface area contributed by atoms with Crippen molar-refractivity contribution < 1.29 is 23.1 Å². The maximum Gasteiger partial charge on any atom is 0.264 e. The number of aryl methyl sites for hydroxylation is 1. The summed E-state index contributed by atoms with van der Waals surface area (Å²) in [6, 6.07) is 11.1.